The molecule has 1 atom stereocenters. The molecule has 0 aliphatic carbocycles. The van der Waals surface area contributed by atoms with Crippen LogP contribution in [-0.2, 0) is 4.74 Å². The fourth-order valence-electron chi connectivity index (χ4n) is 1.09. The van der Waals surface area contributed by atoms with Gasteiger partial charge in [-0.2, -0.15) is 0 Å². The molecule has 12 heavy (non-hydrogen) atoms. The first-order chi connectivity index (χ1) is 5.68. The first-order valence-corrected chi connectivity index (χ1v) is 4.08. The minimum absolute atomic E-state index is 0.353. The van der Waals surface area contributed by atoms with Crippen molar-refractivity contribution in [3.8, 4) is 5.75 Å². The van der Waals surface area contributed by atoms with Gasteiger partial charge in [0.15, 0.2) is 0 Å². The van der Waals surface area contributed by atoms with Gasteiger partial charge in [-0.3, -0.25) is 0 Å². The number of epoxide rings is 1. The van der Waals surface area contributed by atoms with Crippen LogP contribution in [0, 0.1) is 6.92 Å². The molecule has 1 aromatic rings. The van der Waals surface area contributed by atoms with Crippen LogP contribution in [0.25, 0.3) is 0 Å². The van der Waals surface area contributed by atoms with Crippen molar-refractivity contribution in [3.05, 3.63) is 29.8 Å². The highest BCUT2D eigenvalue weighted by Crippen LogP contribution is 2.29. The number of ether oxygens (including phenoxy) is 2. The lowest BCUT2D eigenvalue weighted by Gasteiger charge is -2.09. The minimum Gasteiger partial charge on any atom is -0.460 e. The highest BCUT2D eigenvalue weighted by molar-refractivity contribution is 5.28. The summed E-state index contributed by atoms with van der Waals surface area (Å²) in [6.07, 6.45) is 0. The van der Waals surface area contributed by atoms with E-state index in [0.29, 0.717) is 6.61 Å². The van der Waals surface area contributed by atoms with Crippen molar-refractivity contribution in [2.24, 2.45) is 0 Å². The lowest BCUT2D eigenvalue weighted by atomic mass is 10.2. The number of aryl methyl sites for hydroxylation is 1. The highest BCUT2D eigenvalue weighted by atomic mass is 16.8. The van der Waals surface area contributed by atoms with Gasteiger partial charge < -0.3 is 9.47 Å². The van der Waals surface area contributed by atoms with Gasteiger partial charge in [0.25, 0.3) is 0 Å². The van der Waals surface area contributed by atoms with Gasteiger partial charge in [0.1, 0.15) is 12.4 Å². The van der Waals surface area contributed by atoms with Crippen molar-refractivity contribution in [2.75, 3.05) is 6.61 Å². The first kappa shape index (κ1) is 7.62. The summed E-state index contributed by atoms with van der Waals surface area (Å²) in [7, 11) is 0. The van der Waals surface area contributed by atoms with E-state index in [0.717, 1.165) is 5.75 Å². The maximum Gasteiger partial charge on any atom is 0.231 e. The van der Waals surface area contributed by atoms with Crippen molar-refractivity contribution in [3.63, 3.8) is 0 Å². The van der Waals surface area contributed by atoms with E-state index in [4.69, 9.17) is 9.47 Å². The van der Waals surface area contributed by atoms with E-state index in [1.54, 1.807) is 0 Å². The van der Waals surface area contributed by atoms with E-state index >= 15 is 0 Å². The third-order valence-corrected chi connectivity index (χ3v) is 1.87. The summed E-state index contributed by atoms with van der Waals surface area (Å²) in [6, 6.07) is 7.98. The van der Waals surface area contributed by atoms with E-state index in [2.05, 4.69) is 0 Å². The molecule has 0 saturated carbocycles. The van der Waals surface area contributed by atoms with E-state index in [1.165, 1.54) is 5.56 Å². The number of rotatable bonds is 2. The normalized spacial score (nSPS) is 26.8. The van der Waals surface area contributed by atoms with Crippen LogP contribution in [0.4, 0.5) is 0 Å². The zero-order valence-electron chi connectivity index (χ0n) is 7.33. The molecule has 1 aliphatic heterocycles. The zero-order chi connectivity index (χ0) is 8.60. The maximum absolute atomic E-state index is 5.57. The van der Waals surface area contributed by atoms with Crippen LogP contribution in [0.2, 0.25) is 0 Å². The number of hydrogen-bond donors (Lipinski definition) is 0. The Labute approximate surface area is 72.1 Å². The molecule has 0 aromatic heterocycles. The van der Waals surface area contributed by atoms with Crippen LogP contribution in [0.3, 0.4) is 0 Å². The van der Waals surface area contributed by atoms with Crippen molar-refractivity contribution < 1.29 is 9.47 Å². The minimum atomic E-state index is -0.353. The van der Waals surface area contributed by atoms with Gasteiger partial charge in [0, 0.05) is 6.92 Å². The van der Waals surface area contributed by atoms with Gasteiger partial charge >= 0.3 is 0 Å². The Bertz CT molecular complexity index is 290. The quantitative estimate of drug-likeness (QED) is 0.624. The molecule has 1 saturated heterocycles. The fraction of sp³-hybridized carbons (Fsp3) is 0.400. The highest BCUT2D eigenvalue weighted by Gasteiger charge is 2.42. The van der Waals surface area contributed by atoms with Crippen LogP contribution in [0.5, 0.6) is 5.75 Å². The summed E-state index contributed by atoms with van der Waals surface area (Å²) in [5, 5.41) is 0. The van der Waals surface area contributed by atoms with Gasteiger partial charge in [-0.05, 0) is 24.6 Å². The van der Waals surface area contributed by atoms with Crippen LogP contribution in [0.1, 0.15) is 12.5 Å². The van der Waals surface area contributed by atoms with Crippen LogP contribution in [0.15, 0.2) is 24.3 Å². The number of hydrogen-bond acceptors (Lipinski definition) is 2. The fourth-order valence-corrected chi connectivity index (χ4v) is 1.09. The largest absolute Gasteiger partial charge is 0.460 e. The lowest BCUT2D eigenvalue weighted by Crippen LogP contribution is -2.14. The average Bonchev–Trinajstić information content (AvgIpc) is 2.67. The second-order valence-electron chi connectivity index (χ2n) is 3.34. The molecule has 2 rings (SSSR count). The Kier molecular flexibility index (Phi) is 1.58. The molecule has 0 radical (unpaired) electrons. The molecule has 1 fully saturated rings. The summed E-state index contributed by atoms with van der Waals surface area (Å²) in [5.41, 5.74) is 1.21. The van der Waals surface area contributed by atoms with E-state index in [-0.39, 0.29) is 5.79 Å². The molecule has 0 amide bonds. The van der Waals surface area contributed by atoms with Gasteiger partial charge in [0.05, 0.1) is 0 Å². The van der Waals surface area contributed by atoms with Gasteiger partial charge in [-0.1, -0.05) is 12.1 Å². The maximum atomic E-state index is 5.57. The monoisotopic (exact) mass is 164 g/mol. The molecule has 64 valence electrons. The molecule has 0 spiro atoms. The summed E-state index contributed by atoms with van der Waals surface area (Å²) < 4.78 is 10.7. The molecule has 0 N–H and O–H groups in total. The van der Waals surface area contributed by atoms with Gasteiger partial charge in [-0.15, -0.1) is 0 Å². The lowest BCUT2D eigenvalue weighted by molar-refractivity contribution is 0.0802. The molecule has 0 bridgehead atoms. The van der Waals surface area contributed by atoms with E-state index in [1.807, 2.05) is 38.1 Å². The summed E-state index contributed by atoms with van der Waals surface area (Å²) in [4.78, 5) is 0. The average molecular weight is 164 g/mol. The van der Waals surface area contributed by atoms with Crippen LogP contribution in [-0.4, -0.2) is 12.4 Å². The van der Waals surface area contributed by atoms with Crippen molar-refractivity contribution in [2.45, 2.75) is 19.6 Å². The Morgan fingerprint density at radius 1 is 1.50 bits per heavy atom. The molecule has 1 unspecified atom stereocenters. The topological polar surface area (TPSA) is 21.8 Å². The van der Waals surface area contributed by atoms with Crippen molar-refractivity contribution in [1.82, 2.24) is 0 Å². The SMILES string of the molecule is Cc1cccc(OC2(C)CO2)c1. The molecular weight excluding hydrogens is 152 g/mol. The Hall–Kier alpha value is -1.02. The summed E-state index contributed by atoms with van der Waals surface area (Å²) in [6.45, 7) is 4.68. The van der Waals surface area contributed by atoms with E-state index in [9.17, 15) is 0 Å². The number of benzene rings is 1. The summed E-state index contributed by atoms with van der Waals surface area (Å²) >= 11 is 0. The predicted molar refractivity (Wildman–Crippen MR) is 46.2 cm³/mol. The second kappa shape index (κ2) is 2.49. The Balaban J connectivity index is 2.12. The van der Waals surface area contributed by atoms with Gasteiger partial charge in [0.2, 0.25) is 5.79 Å². The second-order valence-corrected chi connectivity index (χ2v) is 3.34. The van der Waals surface area contributed by atoms with Crippen molar-refractivity contribution in [1.29, 1.82) is 0 Å². The third kappa shape index (κ3) is 1.59. The standard InChI is InChI=1S/C10H12O2/c1-8-4-3-5-9(6-8)12-10(2)7-11-10/h3-6H,7H2,1-2H3. The third-order valence-electron chi connectivity index (χ3n) is 1.87. The summed E-state index contributed by atoms with van der Waals surface area (Å²) in [5.74, 6) is 0.531. The molecule has 1 heterocycles. The smallest absolute Gasteiger partial charge is 0.231 e. The molecular formula is C10H12O2. The molecule has 1 aromatic carbocycles. The predicted octanol–water partition coefficient (Wildman–Crippen LogP) is 2.12. The molecule has 2 heteroatoms. The molecule has 1 aliphatic rings. The van der Waals surface area contributed by atoms with Crippen LogP contribution >= 0.6 is 0 Å². The Morgan fingerprint density at radius 2 is 2.25 bits per heavy atom. The first-order valence-electron chi connectivity index (χ1n) is 4.08. The Morgan fingerprint density at radius 3 is 2.83 bits per heavy atom. The van der Waals surface area contributed by atoms with E-state index < -0.39 is 0 Å². The molecule has 2 nitrogen and oxygen atoms in total. The van der Waals surface area contributed by atoms with Gasteiger partial charge in [-0.25, -0.2) is 0 Å². The van der Waals surface area contributed by atoms with Crippen LogP contribution < -0.4 is 4.74 Å². The van der Waals surface area contributed by atoms with Crippen molar-refractivity contribution >= 4 is 0 Å². The zero-order valence-corrected chi connectivity index (χ0v) is 7.33.